The molecule has 0 fully saturated rings. The quantitative estimate of drug-likeness (QED) is 0.438. The molecule has 1 aromatic heterocycles. The van der Waals surface area contributed by atoms with Crippen LogP contribution in [0.4, 0.5) is 5.69 Å². The van der Waals surface area contributed by atoms with Gasteiger partial charge in [0.05, 0.1) is 4.92 Å². The molecule has 0 aliphatic carbocycles. The van der Waals surface area contributed by atoms with Crippen LogP contribution in [-0.2, 0) is 0 Å². The van der Waals surface area contributed by atoms with E-state index in [-0.39, 0.29) is 11.4 Å². The second-order valence-corrected chi connectivity index (χ2v) is 5.46. The molecule has 7 heteroatoms. The van der Waals surface area contributed by atoms with E-state index in [1.54, 1.807) is 31.2 Å². The highest BCUT2D eigenvalue weighted by molar-refractivity contribution is 9.10. The molecule has 98 valence electrons. The molecule has 0 amide bonds. The van der Waals surface area contributed by atoms with E-state index in [0.717, 1.165) is 0 Å². The highest BCUT2D eigenvalue weighted by Gasteiger charge is 2.20. The van der Waals surface area contributed by atoms with Gasteiger partial charge in [0.15, 0.2) is 0 Å². The molecule has 0 saturated heterocycles. The van der Waals surface area contributed by atoms with Crippen LogP contribution < -0.4 is 4.74 Å². The first-order valence-electron chi connectivity index (χ1n) is 5.22. The minimum absolute atomic E-state index is 0.103. The average Bonchev–Trinajstić information content (AvgIpc) is 2.32. The lowest BCUT2D eigenvalue weighted by molar-refractivity contribution is -0.385. The van der Waals surface area contributed by atoms with E-state index in [0.29, 0.717) is 20.5 Å². The van der Waals surface area contributed by atoms with Crippen molar-refractivity contribution in [1.29, 1.82) is 0 Å². The number of benzene rings is 1. The maximum atomic E-state index is 11.1. The van der Waals surface area contributed by atoms with Crippen molar-refractivity contribution in [3.05, 3.63) is 55.1 Å². The second kappa shape index (κ2) is 5.66. The van der Waals surface area contributed by atoms with E-state index in [9.17, 15) is 10.1 Å². The molecule has 2 rings (SSSR count). The molecule has 5 nitrogen and oxygen atoms in total. The first-order valence-corrected chi connectivity index (χ1v) is 6.81. The Bertz CT molecular complexity index is 647. The molecule has 2 aromatic rings. The Morgan fingerprint density at radius 1 is 1.32 bits per heavy atom. The Morgan fingerprint density at radius 3 is 2.68 bits per heavy atom. The largest absolute Gasteiger partial charge is 0.431 e. The van der Waals surface area contributed by atoms with E-state index in [2.05, 4.69) is 36.8 Å². The highest BCUT2D eigenvalue weighted by atomic mass is 79.9. The zero-order chi connectivity index (χ0) is 14.0. The molecule has 0 unspecified atom stereocenters. The van der Waals surface area contributed by atoms with Gasteiger partial charge >= 0.3 is 5.69 Å². The number of aryl methyl sites for hydroxylation is 1. The Hall–Kier alpha value is -1.47. The summed E-state index contributed by atoms with van der Waals surface area (Å²) in [6.45, 7) is 1.74. The zero-order valence-corrected chi connectivity index (χ0v) is 12.9. The minimum atomic E-state index is -0.481. The second-order valence-electron chi connectivity index (χ2n) is 3.73. The monoisotopic (exact) mass is 386 g/mol. The SMILES string of the molecule is Cc1cc(Br)cc([N+](=O)[O-])c1Oc1cccc(Br)n1. The average molecular weight is 388 g/mol. The van der Waals surface area contributed by atoms with Gasteiger partial charge in [-0.1, -0.05) is 22.0 Å². The third-order valence-corrected chi connectivity index (χ3v) is 3.21. The fourth-order valence-corrected chi connectivity index (χ4v) is 2.42. The van der Waals surface area contributed by atoms with E-state index in [1.807, 2.05) is 0 Å². The fourth-order valence-electron chi connectivity index (χ4n) is 1.53. The lowest BCUT2D eigenvalue weighted by Gasteiger charge is -2.09. The van der Waals surface area contributed by atoms with Crippen molar-refractivity contribution < 1.29 is 9.66 Å². The molecule has 0 N–H and O–H groups in total. The van der Waals surface area contributed by atoms with Gasteiger partial charge in [0, 0.05) is 22.2 Å². The summed E-state index contributed by atoms with van der Waals surface area (Å²) in [5.74, 6) is 0.488. The molecular weight excluding hydrogens is 380 g/mol. The minimum Gasteiger partial charge on any atom is -0.431 e. The number of nitrogens with zero attached hydrogens (tertiary/aromatic N) is 2. The number of rotatable bonds is 3. The highest BCUT2D eigenvalue weighted by Crippen LogP contribution is 2.36. The lowest BCUT2D eigenvalue weighted by atomic mass is 10.2. The topological polar surface area (TPSA) is 65.3 Å². The van der Waals surface area contributed by atoms with Crippen LogP contribution in [0.3, 0.4) is 0 Å². The van der Waals surface area contributed by atoms with Crippen molar-refractivity contribution in [1.82, 2.24) is 4.98 Å². The predicted molar refractivity (Wildman–Crippen MR) is 77.5 cm³/mol. The maximum absolute atomic E-state index is 11.1. The molecule has 19 heavy (non-hydrogen) atoms. The fraction of sp³-hybridized carbons (Fsp3) is 0.0833. The molecule has 1 aromatic carbocycles. The number of nitro groups is 1. The smallest absolute Gasteiger partial charge is 0.313 e. The molecular formula is C12H8Br2N2O3. The van der Waals surface area contributed by atoms with Crippen LogP contribution in [-0.4, -0.2) is 9.91 Å². The van der Waals surface area contributed by atoms with Crippen molar-refractivity contribution in [2.24, 2.45) is 0 Å². The van der Waals surface area contributed by atoms with Gasteiger partial charge < -0.3 is 4.74 Å². The number of ether oxygens (including phenoxy) is 1. The van der Waals surface area contributed by atoms with Crippen molar-refractivity contribution >= 4 is 37.5 Å². The van der Waals surface area contributed by atoms with Crippen LogP contribution in [0.15, 0.2) is 39.4 Å². The van der Waals surface area contributed by atoms with Gasteiger partial charge in [-0.2, -0.15) is 0 Å². The third-order valence-electron chi connectivity index (χ3n) is 2.31. The Labute approximate surface area is 126 Å². The van der Waals surface area contributed by atoms with E-state index in [4.69, 9.17) is 4.74 Å². The van der Waals surface area contributed by atoms with Crippen molar-refractivity contribution in [3.63, 3.8) is 0 Å². The number of aromatic nitrogens is 1. The number of hydrogen-bond donors (Lipinski definition) is 0. The normalized spacial score (nSPS) is 10.3. The first kappa shape index (κ1) is 14.0. The number of hydrogen-bond acceptors (Lipinski definition) is 4. The van der Waals surface area contributed by atoms with E-state index in [1.165, 1.54) is 6.07 Å². The van der Waals surface area contributed by atoms with Crippen molar-refractivity contribution in [2.45, 2.75) is 6.92 Å². The summed E-state index contributed by atoms with van der Waals surface area (Å²) in [7, 11) is 0. The zero-order valence-electron chi connectivity index (χ0n) is 9.76. The van der Waals surface area contributed by atoms with Crippen molar-refractivity contribution in [2.75, 3.05) is 0 Å². The van der Waals surface area contributed by atoms with Gasteiger partial charge in [0.1, 0.15) is 4.60 Å². The van der Waals surface area contributed by atoms with Crippen molar-refractivity contribution in [3.8, 4) is 11.6 Å². The standard InChI is InChI=1S/C12H8Br2N2O3/c1-7-5-8(13)6-9(16(17)18)12(7)19-11-4-2-3-10(14)15-11/h2-6H,1H3. The van der Waals surface area contributed by atoms with E-state index >= 15 is 0 Å². The van der Waals surface area contributed by atoms with Crippen LogP contribution in [0.5, 0.6) is 11.6 Å². The molecule has 0 saturated carbocycles. The summed E-state index contributed by atoms with van der Waals surface area (Å²) >= 11 is 6.45. The van der Waals surface area contributed by atoms with Gasteiger partial charge in [-0.15, -0.1) is 0 Å². The summed E-state index contributed by atoms with van der Waals surface area (Å²) in [6, 6.07) is 8.28. The first-order chi connectivity index (χ1) is 8.97. The van der Waals surface area contributed by atoms with Gasteiger partial charge in [-0.05, 0) is 35.0 Å². The van der Waals surface area contributed by atoms with Gasteiger partial charge in [0.25, 0.3) is 0 Å². The number of halogens is 2. The Morgan fingerprint density at radius 2 is 2.05 bits per heavy atom. The molecule has 0 aliphatic heterocycles. The predicted octanol–water partition coefficient (Wildman–Crippen LogP) is 4.62. The third kappa shape index (κ3) is 3.30. The molecule has 0 spiro atoms. The molecule has 0 aliphatic rings. The van der Waals surface area contributed by atoms with Crippen LogP contribution in [0.1, 0.15) is 5.56 Å². The maximum Gasteiger partial charge on any atom is 0.313 e. The van der Waals surface area contributed by atoms with Gasteiger partial charge in [0.2, 0.25) is 11.6 Å². The Balaban J connectivity index is 2.47. The molecule has 1 heterocycles. The van der Waals surface area contributed by atoms with Crippen LogP contribution in [0.2, 0.25) is 0 Å². The lowest BCUT2D eigenvalue weighted by Crippen LogP contribution is -1.97. The molecule has 0 radical (unpaired) electrons. The summed E-state index contributed by atoms with van der Waals surface area (Å²) in [5, 5.41) is 11.1. The summed E-state index contributed by atoms with van der Waals surface area (Å²) in [4.78, 5) is 14.7. The number of nitro benzene ring substituents is 1. The summed E-state index contributed by atoms with van der Waals surface area (Å²) in [6.07, 6.45) is 0. The Kier molecular flexibility index (Phi) is 4.16. The summed E-state index contributed by atoms with van der Waals surface area (Å²) < 4.78 is 6.76. The van der Waals surface area contributed by atoms with Gasteiger partial charge in [-0.3, -0.25) is 10.1 Å². The molecule has 0 atom stereocenters. The van der Waals surface area contributed by atoms with Gasteiger partial charge in [-0.25, -0.2) is 4.98 Å². The van der Waals surface area contributed by atoms with Crippen LogP contribution in [0.25, 0.3) is 0 Å². The number of pyridine rings is 1. The van der Waals surface area contributed by atoms with Crippen LogP contribution in [0, 0.1) is 17.0 Å². The van der Waals surface area contributed by atoms with Crippen LogP contribution >= 0.6 is 31.9 Å². The summed E-state index contributed by atoms with van der Waals surface area (Å²) in [5.41, 5.74) is 0.552. The molecule has 0 bridgehead atoms. The van der Waals surface area contributed by atoms with E-state index < -0.39 is 4.92 Å².